The molecular weight excluding hydrogens is 222 g/mol. The molecule has 1 atom stereocenters. The van der Waals surface area contributed by atoms with Crippen LogP contribution >= 0.6 is 0 Å². The van der Waals surface area contributed by atoms with Crippen LogP contribution in [0.4, 0.5) is 0 Å². The smallest absolute Gasteiger partial charge is 0.332 e. The number of nitrogens with one attached hydrogen (secondary N) is 1. The zero-order valence-electron chi connectivity index (χ0n) is 9.30. The Bertz CT molecular complexity index is 377. The summed E-state index contributed by atoms with van der Waals surface area (Å²) in [5, 5.41) is 20.0. The molecule has 1 aromatic carbocycles. The van der Waals surface area contributed by atoms with E-state index in [4.69, 9.17) is 10.2 Å². The highest BCUT2D eigenvalue weighted by Crippen LogP contribution is 1.99. The van der Waals surface area contributed by atoms with E-state index in [0.29, 0.717) is 0 Å². The average molecular weight is 237 g/mol. The van der Waals surface area contributed by atoms with Gasteiger partial charge in [-0.3, -0.25) is 4.79 Å². The SMILES string of the molecule is O=C(Cc1ccccc1)NCC[C@H](O)C(=O)O. The molecule has 0 aromatic heterocycles. The summed E-state index contributed by atoms with van der Waals surface area (Å²) in [6.07, 6.45) is -1.16. The minimum atomic E-state index is -1.42. The number of benzene rings is 1. The van der Waals surface area contributed by atoms with Gasteiger partial charge in [0.2, 0.25) is 5.91 Å². The maximum absolute atomic E-state index is 11.4. The predicted octanol–water partition coefficient (Wildman–Crippen LogP) is 0.181. The molecule has 17 heavy (non-hydrogen) atoms. The maximum atomic E-state index is 11.4. The Labute approximate surface area is 99.1 Å². The molecule has 1 amide bonds. The maximum Gasteiger partial charge on any atom is 0.332 e. The van der Waals surface area contributed by atoms with Crippen molar-refractivity contribution in [1.29, 1.82) is 0 Å². The summed E-state index contributed by atoms with van der Waals surface area (Å²) >= 11 is 0. The standard InChI is InChI=1S/C12H15NO4/c14-10(12(16)17)6-7-13-11(15)8-9-4-2-1-3-5-9/h1-5,10,14H,6-8H2,(H,13,15)(H,16,17)/t10-/m0/s1. The molecule has 1 rings (SSSR count). The normalized spacial score (nSPS) is 11.8. The molecule has 0 fully saturated rings. The second-order valence-corrected chi connectivity index (χ2v) is 3.66. The van der Waals surface area contributed by atoms with Gasteiger partial charge in [0, 0.05) is 13.0 Å². The van der Waals surface area contributed by atoms with Gasteiger partial charge in [0.1, 0.15) is 0 Å². The number of carbonyl (C=O) groups excluding carboxylic acids is 1. The Kier molecular flexibility index (Phi) is 5.16. The first-order chi connectivity index (χ1) is 8.09. The molecule has 0 aliphatic rings. The van der Waals surface area contributed by atoms with Gasteiger partial charge >= 0.3 is 5.97 Å². The number of carboxylic acid groups (broad SMARTS) is 1. The number of amides is 1. The van der Waals surface area contributed by atoms with Gasteiger partial charge in [-0.2, -0.15) is 0 Å². The first kappa shape index (κ1) is 13.2. The molecule has 0 heterocycles. The topological polar surface area (TPSA) is 86.6 Å². The quantitative estimate of drug-likeness (QED) is 0.658. The van der Waals surface area contributed by atoms with E-state index >= 15 is 0 Å². The van der Waals surface area contributed by atoms with Crippen molar-refractivity contribution in [3.05, 3.63) is 35.9 Å². The number of hydrogen-bond donors (Lipinski definition) is 3. The van der Waals surface area contributed by atoms with E-state index in [-0.39, 0.29) is 25.3 Å². The van der Waals surface area contributed by atoms with Crippen molar-refractivity contribution in [3.63, 3.8) is 0 Å². The molecule has 3 N–H and O–H groups in total. The fourth-order valence-electron chi connectivity index (χ4n) is 1.32. The number of carboxylic acids is 1. The van der Waals surface area contributed by atoms with E-state index in [1.54, 1.807) is 0 Å². The fourth-order valence-corrected chi connectivity index (χ4v) is 1.32. The summed E-state index contributed by atoms with van der Waals surface area (Å²) in [5.74, 6) is -1.46. The Balaban J connectivity index is 2.25. The molecule has 1 aromatic rings. The Morgan fingerprint density at radius 1 is 1.24 bits per heavy atom. The molecule has 0 saturated carbocycles. The van der Waals surface area contributed by atoms with Crippen LogP contribution in [0.3, 0.4) is 0 Å². The fraction of sp³-hybridized carbons (Fsp3) is 0.333. The van der Waals surface area contributed by atoms with Crippen LogP contribution in [0.5, 0.6) is 0 Å². The highest BCUT2D eigenvalue weighted by Gasteiger charge is 2.12. The number of aliphatic hydroxyl groups excluding tert-OH is 1. The van der Waals surface area contributed by atoms with Crippen molar-refractivity contribution in [2.45, 2.75) is 18.9 Å². The Hall–Kier alpha value is -1.88. The van der Waals surface area contributed by atoms with Crippen molar-refractivity contribution >= 4 is 11.9 Å². The van der Waals surface area contributed by atoms with Crippen molar-refractivity contribution in [1.82, 2.24) is 5.32 Å². The van der Waals surface area contributed by atoms with E-state index < -0.39 is 12.1 Å². The second-order valence-electron chi connectivity index (χ2n) is 3.66. The van der Waals surface area contributed by atoms with Gasteiger partial charge in [-0.15, -0.1) is 0 Å². The summed E-state index contributed by atoms with van der Waals surface area (Å²) in [7, 11) is 0. The summed E-state index contributed by atoms with van der Waals surface area (Å²) < 4.78 is 0. The van der Waals surface area contributed by atoms with Crippen LogP contribution in [0, 0.1) is 0 Å². The van der Waals surface area contributed by atoms with E-state index in [0.717, 1.165) is 5.56 Å². The number of hydrogen-bond acceptors (Lipinski definition) is 3. The Morgan fingerprint density at radius 3 is 2.47 bits per heavy atom. The first-order valence-electron chi connectivity index (χ1n) is 5.31. The number of carbonyl (C=O) groups is 2. The molecule has 92 valence electrons. The molecule has 5 heteroatoms. The molecular formula is C12H15NO4. The Morgan fingerprint density at radius 2 is 1.88 bits per heavy atom. The van der Waals surface area contributed by atoms with Gasteiger partial charge in [-0.1, -0.05) is 30.3 Å². The van der Waals surface area contributed by atoms with Gasteiger partial charge < -0.3 is 15.5 Å². The third kappa shape index (κ3) is 5.12. The third-order valence-electron chi connectivity index (χ3n) is 2.23. The molecule has 0 radical (unpaired) electrons. The van der Waals surface area contributed by atoms with Crippen LogP contribution in [0.1, 0.15) is 12.0 Å². The third-order valence-corrected chi connectivity index (χ3v) is 2.23. The monoisotopic (exact) mass is 237 g/mol. The van der Waals surface area contributed by atoms with Crippen LogP contribution in [-0.2, 0) is 16.0 Å². The molecule has 0 aliphatic carbocycles. The molecule has 0 saturated heterocycles. The first-order valence-corrected chi connectivity index (χ1v) is 5.31. The van der Waals surface area contributed by atoms with Crippen LogP contribution < -0.4 is 5.32 Å². The van der Waals surface area contributed by atoms with Crippen LogP contribution in [0.15, 0.2) is 30.3 Å². The van der Waals surface area contributed by atoms with Gasteiger partial charge in [-0.25, -0.2) is 4.79 Å². The average Bonchev–Trinajstić information content (AvgIpc) is 2.30. The lowest BCUT2D eigenvalue weighted by atomic mass is 10.1. The summed E-state index contributed by atoms with van der Waals surface area (Å²) in [6.45, 7) is 0.152. The lowest BCUT2D eigenvalue weighted by Gasteiger charge is -2.07. The number of aliphatic carboxylic acids is 1. The lowest BCUT2D eigenvalue weighted by molar-refractivity contribution is -0.147. The summed E-state index contributed by atoms with van der Waals surface area (Å²) in [5.41, 5.74) is 0.892. The number of aliphatic hydroxyl groups is 1. The van der Waals surface area contributed by atoms with Gasteiger partial charge in [0.15, 0.2) is 6.10 Å². The highest BCUT2D eigenvalue weighted by molar-refractivity contribution is 5.78. The van der Waals surface area contributed by atoms with Crippen molar-refractivity contribution in [3.8, 4) is 0 Å². The summed E-state index contributed by atoms with van der Waals surface area (Å²) in [4.78, 5) is 21.7. The lowest BCUT2D eigenvalue weighted by Crippen LogP contribution is -2.30. The van der Waals surface area contributed by atoms with Gasteiger partial charge in [0.05, 0.1) is 6.42 Å². The molecule has 0 aliphatic heterocycles. The largest absolute Gasteiger partial charge is 0.479 e. The zero-order chi connectivity index (χ0) is 12.7. The molecule has 0 bridgehead atoms. The number of rotatable bonds is 6. The minimum absolute atomic E-state index is 0.00978. The molecule has 0 unspecified atom stereocenters. The van der Waals surface area contributed by atoms with E-state index in [2.05, 4.69) is 5.32 Å². The van der Waals surface area contributed by atoms with Crippen molar-refractivity contribution < 1.29 is 19.8 Å². The van der Waals surface area contributed by atoms with Gasteiger partial charge in [0.25, 0.3) is 0 Å². The van der Waals surface area contributed by atoms with Crippen LogP contribution in [0.25, 0.3) is 0 Å². The molecule has 5 nitrogen and oxygen atoms in total. The van der Waals surface area contributed by atoms with Crippen LogP contribution in [-0.4, -0.2) is 34.7 Å². The van der Waals surface area contributed by atoms with Crippen LogP contribution in [0.2, 0.25) is 0 Å². The van der Waals surface area contributed by atoms with E-state index in [1.165, 1.54) is 0 Å². The minimum Gasteiger partial charge on any atom is -0.479 e. The molecule has 0 spiro atoms. The zero-order valence-corrected chi connectivity index (χ0v) is 9.30. The van der Waals surface area contributed by atoms with E-state index in [9.17, 15) is 9.59 Å². The highest BCUT2D eigenvalue weighted by atomic mass is 16.4. The van der Waals surface area contributed by atoms with Crippen molar-refractivity contribution in [2.75, 3.05) is 6.54 Å². The second kappa shape index (κ2) is 6.65. The van der Waals surface area contributed by atoms with Gasteiger partial charge in [-0.05, 0) is 5.56 Å². The summed E-state index contributed by atoms with van der Waals surface area (Å²) in [6, 6.07) is 9.23. The van der Waals surface area contributed by atoms with E-state index in [1.807, 2.05) is 30.3 Å². The van der Waals surface area contributed by atoms with Crippen molar-refractivity contribution in [2.24, 2.45) is 0 Å². The predicted molar refractivity (Wildman–Crippen MR) is 61.4 cm³/mol.